The van der Waals surface area contributed by atoms with Gasteiger partial charge in [-0.2, -0.15) is 4.98 Å². The summed E-state index contributed by atoms with van der Waals surface area (Å²) < 4.78 is 47.3. The number of anilines is 1. The van der Waals surface area contributed by atoms with Crippen molar-refractivity contribution in [2.75, 3.05) is 11.9 Å². The van der Waals surface area contributed by atoms with Gasteiger partial charge in [0.25, 0.3) is 0 Å². The molecule has 0 atom stereocenters. The topological polar surface area (TPSA) is 90.0 Å². The third-order valence-corrected chi connectivity index (χ3v) is 6.43. The Kier molecular flexibility index (Phi) is 6.06. The van der Waals surface area contributed by atoms with E-state index in [0.717, 1.165) is 12.1 Å². The van der Waals surface area contributed by atoms with Crippen molar-refractivity contribution in [3.63, 3.8) is 0 Å². The van der Waals surface area contributed by atoms with Gasteiger partial charge in [0.15, 0.2) is 0 Å². The number of imidazole rings is 1. The van der Waals surface area contributed by atoms with Crippen LogP contribution in [0.25, 0.3) is 11.5 Å². The Labute approximate surface area is 183 Å². The zero-order valence-corrected chi connectivity index (χ0v) is 17.8. The van der Waals surface area contributed by atoms with Gasteiger partial charge < -0.3 is 14.3 Å². The highest BCUT2D eigenvalue weighted by atomic mass is 35.5. The molecule has 0 unspecified atom stereocenters. The van der Waals surface area contributed by atoms with Crippen molar-refractivity contribution in [2.24, 2.45) is 0 Å². The van der Waals surface area contributed by atoms with E-state index >= 15 is 0 Å². The average Bonchev–Trinajstić information content (AvgIpc) is 3.42. The number of hydrogen-bond acceptors (Lipinski definition) is 6. The van der Waals surface area contributed by atoms with E-state index in [2.05, 4.69) is 15.3 Å². The summed E-state index contributed by atoms with van der Waals surface area (Å²) in [7, 11) is -4.04. The molecule has 160 valence electrons. The number of rotatable bonds is 8. The van der Waals surface area contributed by atoms with Crippen LogP contribution in [0.4, 0.5) is 10.3 Å². The minimum absolute atomic E-state index is 0.0277. The number of benzene rings is 2. The number of oxazole rings is 1. The molecule has 0 radical (unpaired) electrons. The Morgan fingerprint density at radius 2 is 1.84 bits per heavy atom. The second kappa shape index (κ2) is 8.91. The fourth-order valence-corrected chi connectivity index (χ4v) is 4.33. The molecule has 2 heterocycles. The minimum Gasteiger partial charge on any atom is -0.419 e. The lowest BCUT2D eigenvalue weighted by atomic mass is 10.2. The molecular formula is C21H18ClFN4O3S. The highest BCUT2D eigenvalue weighted by Crippen LogP contribution is 2.32. The Morgan fingerprint density at radius 3 is 2.52 bits per heavy atom. The van der Waals surface area contributed by atoms with E-state index in [1.807, 2.05) is 10.8 Å². The molecule has 0 amide bonds. The van der Waals surface area contributed by atoms with Crippen molar-refractivity contribution >= 4 is 27.3 Å². The number of nitrogens with zero attached hydrogens (tertiary/aromatic N) is 3. The van der Waals surface area contributed by atoms with Crippen molar-refractivity contribution in [1.82, 2.24) is 14.5 Å². The van der Waals surface area contributed by atoms with Crippen molar-refractivity contribution in [3.05, 3.63) is 78.1 Å². The molecule has 0 spiro atoms. The van der Waals surface area contributed by atoms with E-state index in [9.17, 15) is 12.8 Å². The van der Waals surface area contributed by atoms with Gasteiger partial charge in [0, 0.05) is 36.1 Å². The molecule has 10 heteroatoms. The Bertz CT molecular complexity index is 1260. The summed E-state index contributed by atoms with van der Waals surface area (Å²) in [5.41, 5.74) is 0.575. The Hall–Kier alpha value is -3.17. The standard InChI is InChI=1S/C21H18ClFN4O3S/c22-16-4-2-15(3-5-16)19-26-21(31(28,29)18-8-6-17(23)7-9-18)20(30-19)25-10-1-12-27-13-11-24-14-27/h2-9,11,13-14,25H,1,10,12H2. The molecule has 0 aliphatic heterocycles. The predicted octanol–water partition coefficient (Wildman–Crippen LogP) is 4.67. The first-order valence-electron chi connectivity index (χ1n) is 9.40. The van der Waals surface area contributed by atoms with Gasteiger partial charge in [-0.05, 0) is 55.0 Å². The van der Waals surface area contributed by atoms with E-state index in [0.29, 0.717) is 30.1 Å². The van der Waals surface area contributed by atoms with Crippen molar-refractivity contribution < 1.29 is 17.2 Å². The molecule has 7 nitrogen and oxygen atoms in total. The number of nitrogens with one attached hydrogen (secondary N) is 1. The van der Waals surface area contributed by atoms with Crippen LogP contribution in [0.5, 0.6) is 0 Å². The van der Waals surface area contributed by atoms with Gasteiger partial charge in [-0.15, -0.1) is 0 Å². The van der Waals surface area contributed by atoms with Crippen LogP contribution in [0, 0.1) is 5.82 Å². The summed E-state index contributed by atoms with van der Waals surface area (Å²) in [6, 6.07) is 11.3. The van der Waals surface area contributed by atoms with E-state index in [1.54, 1.807) is 36.8 Å². The van der Waals surface area contributed by atoms with E-state index < -0.39 is 15.7 Å². The molecule has 0 fully saturated rings. The van der Waals surface area contributed by atoms with Crippen molar-refractivity contribution in [3.8, 4) is 11.5 Å². The molecule has 1 N–H and O–H groups in total. The zero-order chi connectivity index (χ0) is 21.8. The Balaban J connectivity index is 1.64. The lowest BCUT2D eigenvalue weighted by Gasteiger charge is -2.06. The van der Waals surface area contributed by atoms with Crippen LogP contribution in [0.1, 0.15) is 6.42 Å². The molecular weight excluding hydrogens is 443 g/mol. The first-order chi connectivity index (χ1) is 14.9. The molecule has 31 heavy (non-hydrogen) atoms. The third-order valence-electron chi connectivity index (χ3n) is 4.50. The number of hydrogen-bond donors (Lipinski definition) is 1. The van der Waals surface area contributed by atoms with Crippen LogP contribution in [0.3, 0.4) is 0 Å². The van der Waals surface area contributed by atoms with Gasteiger partial charge in [0.2, 0.25) is 26.6 Å². The number of aromatic nitrogens is 3. The SMILES string of the molecule is O=S(=O)(c1ccc(F)cc1)c1nc(-c2ccc(Cl)cc2)oc1NCCCn1ccnc1. The van der Waals surface area contributed by atoms with Gasteiger partial charge in [-0.25, -0.2) is 17.8 Å². The summed E-state index contributed by atoms with van der Waals surface area (Å²) in [5.74, 6) is -0.367. The zero-order valence-electron chi connectivity index (χ0n) is 16.2. The lowest BCUT2D eigenvalue weighted by molar-refractivity contribution is 0.571. The van der Waals surface area contributed by atoms with Gasteiger partial charge >= 0.3 is 0 Å². The molecule has 0 aliphatic carbocycles. The number of aryl methyl sites for hydroxylation is 1. The predicted molar refractivity (Wildman–Crippen MR) is 114 cm³/mol. The molecule has 0 saturated carbocycles. The first-order valence-corrected chi connectivity index (χ1v) is 11.3. The fraction of sp³-hybridized carbons (Fsp3) is 0.143. The number of halogens is 2. The summed E-state index contributed by atoms with van der Waals surface area (Å²) >= 11 is 5.93. The maximum Gasteiger partial charge on any atom is 0.233 e. The lowest BCUT2D eigenvalue weighted by Crippen LogP contribution is -2.10. The maximum atomic E-state index is 13.3. The van der Waals surface area contributed by atoms with Crippen LogP contribution in [-0.2, 0) is 16.4 Å². The van der Waals surface area contributed by atoms with Crippen LogP contribution < -0.4 is 5.32 Å². The second-order valence-electron chi connectivity index (χ2n) is 6.70. The van der Waals surface area contributed by atoms with Gasteiger partial charge in [0.05, 0.1) is 11.2 Å². The van der Waals surface area contributed by atoms with Gasteiger partial charge in [0.1, 0.15) is 5.82 Å². The summed E-state index contributed by atoms with van der Waals surface area (Å²) in [6.45, 7) is 1.14. The fourth-order valence-electron chi connectivity index (χ4n) is 2.92. The van der Waals surface area contributed by atoms with Crippen LogP contribution in [0.2, 0.25) is 5.02 Å². The molecule has 0 saturated heterocycles. The van der Waals surface area contributed by atoms with Gasteiger partial charge in [-0.3, -0.25) is 0 Å². The monoisotopic (exact) mass is 460 g/mol. The highest BCUT2D eigenvalue weighted by molar-refractivity contribution is 7.91. The molecule has 0 bridgehead atoms. The van der Waals surface area contributed by atoms with Crippen LogP contribution >= 0.6 is 11.6 Å². The summed E-state index contributed by atoms with van der Waals surface area (Å²) in [4.78, 5) is 8.15. The van der Waals surface area contributed by atoms with E-state index in [4.69, 9.17) is 16.0 Å². The molecule has 2 aromatic heterocycles. The third kappa shape index (κ3) is 4.78. The normalized spacial score (nSPS) is 11.5. The van der Waals surface area contributed by atoms with Crippen molar-refractivity contribution in [2.45, 2.75) is 22.9 Å². The largest absolute Gasteiger partial charge is 0.419 e. The molecule has 4 rings (SSSR count). The van der Waals surface area contributed by atoms with Crippen molar-refractivity contribution in [1.29, 1.82) is 0 Å². The Morgan fingerprint density at radius 1 is 1.10 bits per heavy atom. The average molecular weight is 461 g/mol. The maximum absolute atomic E-state index is 13.3. The first kappa shape index (κ1) is 21.1. The molecule has 2 aromatic carbocycles. The molecule has 4 aromatic rings. The quantitative estimate of drug-likeness (QED) is 0.303. The number of sulfone groups is 1. The van der Waals surface area contributed by atoms with Gasteiger partial charge in [-0.1, -0.05) is 11.6 Å². The highest BCUT2D eigenvalue weighted by Gasteiger charge is 2.28. The second-order valence-corrected chi connectivity index (χ2v) is 9.00. The van der Waals surface area contributed by atoms with Crippen LogP contribution in [0.15, 0.2) is 81.6 Å². The minimum atomic E-state index is -4.04. The van der Waals surface area contributed by atoms with E-state index in [1.165, 1.54) is 12.1 Å². The molecule has 0 aliphatic rings. The van der Waals surface area contributed by atoms with Crippen LogP contribution in [-0.4, -0.2) is 29.5 Å². The summed E-state index contributed by atoms with van der Waals surface area (Å²) in [6.07, 6.45) is 5.94. The smallest absolute Gasteiger partial charge is 0.233 e. The van der Waals surface area contributed by atoms with E-state index in [-0.39, 0.29) is 21.7 Å². The summed E-state index contributed by atoms with van der Waals surface area (Å²) in [5, 5.41) is 3.30.